The third-order valence-corrected chi connectivity index (χ3v) is 9.83. The van der Waals surface area contributed by atoms with Crippen molar-refractivity contribution in [2.24, 2.45) is 12.1 Å². The lowest BCUT2D eigenvalue weighted by Crippen LogP contribution is -2.47. The van der Waals surface area contributed by atoms with Crippen LogP contribution < -0.4 is 11.0 Å². The summed E-state index contributed by atoms with van der Waals surface area (Å²) in [5.74, 6) is -0.848. The summed E-state index contributed by atoms with van der Waals surface area (Å²) in [5, 5.41) is 9.89. The Bertz CT molecular complexity index is 1780. The van der Waals surface area contributed by atoms with Gasteiger partial charge < -0.3 is 4.57 Å². The van der Waals surface area contributed by atoms with Gasteiger partial charge in [-0.1, -0.05) is 30.3 Å². The first-order valence-corrected chi connectivity index (χ1v) is 14.5. The summed E-state index contributed by atoms with van der Waals surface area (Å²) < 4.78 is 45.8. The SMILES string of the molecule is Cc1cc2c(cnn2-c2cc(F)c(=O)n(C)c2)cc1C1(Cc2ccccc2)CCN(S(=O)(=O)C2C=NN(C)N2)C1. The predicted molar refractivity (Wildman–Crippen MR) is 151 cm³/mol. The molecule has 2 unspecified atom stereocenters. The fourth-order valence-electron chi connectivity index (χ4n) is 5.94. The lowest BCUT2D eigenvalue weighted by atomic mass is 9.73. The molecule has 0 bridgehead atoms. The highest BCUT2D eigenvalue weighted by Crippen LogP contribution is 2.42. The van der Waals surface area contributed by atoms with Gasteiger partial charge in [0.2, 0.25) is 10.0 Å². The molecule has 40 heavy (non-hydrogen) atoms. The quantitative estimate of drug-likeness (QED) is 0.387. The highest BCUT2D eigenvalue weighted by atomic mass is 32.2. The fourth-order valence-corrected chi connectivity index (χ4v) is 7.53. The fraction of sp³-hybridized carbons (Fsp3) is 0.321. The maximum Gasteiger partial charge on any atom is 0.286 e. The lowest BCUT2D eigenvalue weighted by Gasteiger charge is -2.32. The van der Waals surface area contributed by atoms with Crippen molar-refractivity contribution in [1.82, 2.24) is 29.2 Å². The summed E-state index contributed by atoms with van der Waals surface area (Å²) in [6.45, 7) is 2.73. The molecule has 2 aliphatic heterocycles. The molecule has 0 saturated carbocycles. The van der Waals surface area contributed by atoms with Gasteiger partial charge >= 0.3 is 0 Å². The van der Waals surface area contributed by atoms with Crippen molar-refractivity contribution < 1.29 is 12.8 Å². The van der Waals surface area contributed by atoms with E-state index in [-0.39, 0.29) is 0 Å². The van der Waals surface area contributed by atoms with E-state index in [0.29, 0.717) is 31.6 Å². The Labute approximate surface area is 231 Å². The average Bonchev–Trinajstić information content (AvgIpc) is 3.66. The van der Waals surface area contributed by atoms with Crippen molar-refractivity contribution in [3.8, 4) is 5.69 Å². The van der Waals surface area contributed by atoms with Gasteiger partial charge in [0.15, 0.2) is 11.2 Å². The van der Waals surface area contributed by atoms with Gasteiger partial charge in [0.25, 0.3) is 5.56 Å². The first kappa shape index (κ1) is 26.4. The minimum absolute atomic E-state index is 0.326. The Hall–Kier alpha value is -3.87. The first-order valence-electron chi connectivity index (χ1n) is 13.0. The molecule has 12 heteroatoms. The Morgan fingerprint density at radius 3 is 2.62 bits per heavy atom. The summed E-state index contributed by atoms with van der Waals surface area (Å²) in [6.07, 6.45) is 6.00. The van der Waals surface area contributed by atoms with Crippen LogP contribution in [-0.4, -0.2) is 63.9 Å². The van der Waals surface area contributed by atoms with Crippen LogP contribution in [-0.2, 0) is 28.9 Å². The Morgan fingerprint density at radius 2 is 1.93 bits per heavy atom. The number of rotatable bonds is 6. The molecule has 4 heterocycles. The number of hydrogen-bond donors (Lipinski definition) is 1. The summed E-state index contributed by atoms with van der Waals surface area (Å²) in [4.78, 5) is 11.9. The summed E-state index contributed by atoms with van der Waals surface area (Å²) in [6, 6.07) is 15.4. The Morgan fingerprint density at radius 1 is 1.15 bits per heavy atom. The van der Waals surface area contributed by atoms with E-state index < -0.39 is 32.2 Å². The van der Waals surface area contributed by atoms with Crippen molar-refractivity contribution in [1.29, 1.82) is 0 Å². The lowest BCUT2D eigenvalue weighted by molar-refractivity contribution is 0.276. The minimum atomic E-state index is -3.69. The van der Waals surface area contributed by atoms with Crippen molar-refractivity contribution >= 4 is 27.1 Å². The number of benzene rings is 2. The topological polar surface area (TPSA) is 105 Å². The highest BCUT2D eigenvalue weighted by molar-refractivity contribution is 7.90. The van der Waals surface area contributed by atoms with Crippen molar-refractivity contribution in [3.63, 3.8) is 0 Å². The average molecular weight is 564 g/mol. The Balaban J connectivity index is 1.43. The molecule has 4 aromatic rings. The van der Waals surface area contributed by atoms with E-state index in [9.17, 15) is 17.6 Å². The molecule has 2 atom stereocenters. The van der Waals surface area contributed by atoms with Gasteiger partial charge in [-0.15, -0.1) is 0 Å². The van der Waals surface area contributed by atoms with Gasteiger partial charge in [-0.25, -0.2) is 22.6 Å². The molecule has 10 nitrogen and oxygen atoms in total. The van der Waals surface area contributed by atoms with Gasteiger partial charge in [0.05, 0.1) is 23.6 Å². The number of nitrogens with one attached hydrogen (secondary N) is 1. The summed E-state index contributed by atoms with van der Waals surface area (Å²) in [5.41, 5.74) is 6.07. The van der Waals surface area contributed by atoms with Gasteiger partial charge in [-0.2, -0.15) is 19.9 Å². The number of hydrogen-bond acceptors (Lipinski definition) is 7. The van der Waals surface area contributed by atoms with Crippen LogP contribution in [0.5, 0.6) is 0 Å². The van der Waals surface area contributed by atoms with Crippen LogP contribution in [0.25, 0.3) is 16.6 Å². The molecule has 1 saturated heterocycles. The van der Waals surface area contributed by atoms with Crippen LogP contribution in [0, 0.1) is 12.7 Å². The zero-order valence-electron chi connectivity index (χ0n) is 22.5. The minimum Gasteiger partial charge on any atom is -0.314 e. The molecule has 208 valence electrons. The number of halogens is 1. The van der Waals surface area contributed by atoms with Crippen LogP contribution in [0.15, 0.2) is 70.8 Å². The van der Waals surface area contributed by atoms with Gasteiger partial charge in [0.1, 0.15) is 0 Å². The largest absolute Gasteiger partial charge is 0.314 e. The monoisotopic (exact) mass is 563 g/mol. The standard InChI is InChI=1S/C28H30FN7O3S/c1-19-11-25-21(15-31-36(25)22-13-24(29)27(37)33(2)17-22)12-23(19)28(14-20-7-5-4-6-8-20)9-10-35(18-28)40(38,39)26-16-30-34(3)32-26/h4-8,11-13,15-17,26,32H,9-10,14,18H2,1-3H3. The number of nitrogens with zero attached hydrogens (tertiary/aromatic N) is 6. The summed E-state index contributed by atoms with van der Waals surface area (Å²) >= 11 is 0. The van der Waals surface area contributed by atoms with Crippen LogP contribution in [0.4, 0.5) is 4.39 Å². The van der Waals surface area contributed by atoms with Gasteiger partial charge in [0, 0.05) is 50.2 Å². The number of fused-ring (bicyclic) bond motifs is 1. The number of aryl methyl sites for hydroxylation is 2. The van der Waals surface area contributed by atoms with Crippen LogP contribution in [0.3, 0.4) is 0 Å². The molecule has 6 rings (SSSR count). The smallest absolute Gasteiger partial charge is 0.286 e. The number of hydrazine groups is 1. The summed E-state index contributed by atoms with van der Waals surface area (Å²) in [7, 11) is -0.523. The van der Waals surface area contributed by atoms with Gasteiger partial charge in [-0.3, -0.25) is 4.79 Å². The van der Waals surface area contributed by atoms with Crippen LogP contribution in [0.1, 0.15) is 23.1 Å². The van der Waals surface area contributed by atoms with E-state index in [4.69, 9.17) is 0 Å². The predicted octanol–water partition coefficient (Wildman–Crippen LogP) is 2.45. The number of aromatic nitrogens is 3. The van der Waals surface area contributed by atoms with E-state index >= 15 is 0 Å². The molecule has 0 amide bonds. The van der Waals surface area contributed by atoms with E-state index in [2.05, 4.69) is 33.8 Å². The second kappa shape index (κ2) is 9.65. The molecule has 2 aromatic carbocycles. The second-order valence-corrected chi connectivity index (χ2v) is 12.7. The molecular formula is C28H30FN7O3S. The molecule has 0 radical (unpaired) electrons. The van der Waals surface area contributed by atoms with Crippen LogP contribution >= 0.6 is 0 Å². The highest BCUT2D eigenvalue weighted by Gasteiger charge is 2.47. The Kier molecular flexibility index (Phi) is 6.36. The van der Waals surface area contributed by atoms with Crippen LogP contribution in [0.2, 0.25) is 0 Å². The normalized spacial score (nSPS) is 21.6. The zero-order chi connectivity index (χ0) is 28.2. The number of pyridine rings is 1. The second-order valence-electron chi connectivity index (χ2n) is 10.7. The van der Waals surface area contributed by atoms with E-state index in [1.807, 2.05) is 31.2 Å². The zero-order valence-corrected chi connectivity index (χ0v) is 23.3. The maximum absolute atomic E-state index is 14.3. The van der Waals surface area contributed by atoms with Gasteiger partial charge in [-0.05, 0) is 48.6 Å². The molecular weight excluding hydrogens is 533 g/mol. The molecule has 0 spiro atoms. The third kappa shape index (κ3) is 4.41. The van der Waals surface area contributed by atoms with Crippen molar-refractivity contribution in [2.45, 2.75) is 30.6 Å². The first-order chi connectivity index (χ1) is 19.1. The maximum atomic E-state index is 14.3. The molecule has 1 fully saturated rings. The third-order valence-electron chi connectivity index (χ3n) is 7.93. The molecule has 2 aliphatic rings. The van der Waals surface area contributed by atoms with E-state index in [1.165, 1.54) is 29.0 Å². The molecule has 2 aromatic heterocycles. The van der Waals surface area contributed by atoms with E-state index in [0.717, 1.165) is 27.6 Å². The van der Waals surface area contributed by atoms with Crippen molar-refractivity contribution in [2.75, 3.05) is 20.1 Å². The van der Waals surface area contributed by atoms with Crippen molar-refractivity contribution in [3.05, 3.63) is 93.8 Å². The molecule has 1 N–H and O–H groups in total. The van der Waals surface area contributed by atoms with E-state index in [1.54, 1.807) is 28.4 Å². The molecule has 0 aliphatic carbocycles. The number of sulfonamides is 1. The number of hydrazone groups is 1.